The highest BCUT2D eigenvalue weighted by molar-refractivity contribution is 14.1. The van der Waals surface area contributed by atoms with Crippen LogP contribution in [0.4, 0.5) is 0 Å². The molecule has 0 radical (unpaired) electrons. The molecular weight excluding hydrogens is 1770 g/mol. The summed E-state index contributed by atoms with van der Waals surface area (Å²) in [6.07, 6.45) is 17.0. The van der Waals surface area contributed by atoms with Gasteiger partial charge in [-0.05, 0) is 113 Å². The van der Waals surface area contributed by atoms with Crippen molar-refractivity contribution in [3.8, 4) is 6.01 Å². The van der Waals surface area contributed by atoms with Crippen LogP contribution in [0.15, 0.2) is 104 Å². The van der Waals surface area contributed by atoms with Crippen molar-refractivity contribution in [3.63, 3.8) is 0 Å². The smallest absolute Gasteiger partial charge is 0.330 e. The summed E-state index contributed by atoms with van der Waals surface area (Å²) in [4.78, 5) is 118. The number of H-pyrrole nitrogens is 4. The van der Waals surface area contributed by atoms with E-state index < -0.39 is 180 Å². The standard InChI is InChI=1S/C18H26N2O5.C16H21IN2O6.C16H19IN2O5.C16H22N2O6.C11H16N2O6/c1-4-17(5-2)13-16(3,25-18(23-13)9-6-7-10-18)14(24-17)20-11-8-12(21)19-15(20)22;1-14-11(23-16(25-14)5-2-3-6-16)15(8-17,9-20)24-12(14)19-7-4-10(21)18-13(19)22;1-14-11(22-16(24-14)5-2-3-6-16)15(8-17)9-21-13-18-10(20)4-7-19(13)12(14)23-15;1-14(9-19)11-15(2,24-16(22-11)6-3-4-7-16)12(23-14)18-8-5-10(20)17-13(18)21;1-10(5-14)7(16)11(2,18)8(19-10)13-4-3-6(15)12-9(13)17/h8,11,13-14H,4-7,9-10H2,1-3H3,(H,19,21,22);4,7,11-12,20H,2-3,5-6,8-9H2,1H3,(H,18,21,22);4,7,11-12H,2-3,5-6,8-9H2,1H3;5,8,11-12,19H,3-4,6-7,9H2,1-2H3,(H,17,20,21);3-4,7-8,14,16,18H,5H2,1-2H3,(H,12,15,17)/t13-,14+,16+;11-,12+,14+,15+;11-,12?,14+,15+;11-,12-,14-,15-;7-,8-,10-,11-/m00011/s1. The van der Waals surface area contributed by atoms with Crippen molar-refractivity contribution in [1.29, 1.82) is 0 Å². The number of aliphatic hydroxyl groups is 5. The minimum Gasteiger partial charge on any atom is -0.461 e. The van der Waals surface area contributed by atoms with Crippen LogP contribution in [0.5, 0.6) is 6.01 Å². The van der Waals surface area contributed by atoms with Gasteiger partial charge >= 0.3 is 28.8 Å². The van der Waals surface area contributed by atoms with Gasteiger partial charge in [-0.2, -0.15) is 4.98 Å². The van der Waals surface area contributed by atoms with E-state index in [0.29, 0.717) is 15.5 Å². The Morgan fingerprint density at radius 2 is 0.744 bits per heavy atom. The number of ether oxygens (including phenoxy) is 14. The fourth-order valence-corrected chi connectivity index (χ4v) is 22.1. The highest BCUT2D eigenvalue weighted by Crippen LogP contribution is 2.64. The SMILES string of the molecule is CCC1(CC)O[C@@H](n2ccc(=O)[nH]c2=O)[C@]2(C)OC3(CCCC3)O[C@H]12.C[C@@]12OC3(CCCC3)O[C@@H]1[C@@](C)(CO)O[C@H]2n1ccc(=O)[nH]c1=O.C[C@@]12OC3(CCCC3)O[C@@H]1[C@@]1(CI)COc3nc(=O)ccn3C2O1.C[C@@]12OC3(CCCC3)O[C@@H]1[C@](CO)(CI)O[C@H]2n1ccc(=O)[nH]c1=O.C[C@]1(O)[C@H](n2ccc(=O)[nH]c2=O)O[C@](C)(CO)[C@H]1O. The van der Waals surface area contributed by atoms with Crippen LogP contribution in [-0.2, 0) is 61.6 Å². The Hall–Kier alpha value is -5.86. The van der Waals surface area contributed by atoms with Gasteiger partial charge in [-0.3, -0.25) is 66.7 Å². The molecule has 5 aromatic rings. The van der Waals surface area contributed by atoms with Crippen molar-refractivity contribution >= 4 is 45.2 Å². The largest absolute Gasteiger partial charge is 0.461 e. The van der Waals surface area contributed by atoms with Crippen LogP contribution < -0.4 is 55.3 Å². The van der Waals surface area contributed by atoms with Crippen LogP contribution in [0.2, 0.25) is 0 Å². The molecular formula is C77H104I2N10O28. The van der Waals surface area contributed by atoms with Crippen LogP contribution in [0.25, 0.3) is 0 Å². The van der Waals surface area contributed by atoms with E-state index in [4.69, 9.17) is 66.3 Å². The molecule has 19 rings (SSSR count). The lowest BCUT2D eigenvalue weighted by Crippen LogP contribution is -2.53. The third-order valence-electron chi connectivity index (χ3n) is 26.3. The number of nitrogens with zero attached hydrogens (tertiary/aromatic N) is 6. The van der Waals surface area contributed by atoms with Gasteiger partial charge in [0, 0.05) is 122 Å². The maximum atomic E-state index is 12.4. The first kappa shape index (κ1) is 86.1. The molecule has 38 nitrogen and oxygen atoms in total. The van der Waals surface area contributed by atoms with Gasteiger partial charge in [-0.1, -0.05) is 59.0 Å². The Labute approximate surface area is 695 Å². The minimum atomic E-state index is -1.79. The molecule has 10 aliphatic heterocycles. The Morgan fingerprint density at radius 3 is 1.11 bits per heavy atom. The van der Waals surface area contributed by atoms with Gasteiger partial charge in [0.05, 0.1) is 25.4 Å². The summed E-state index contributed by atoms with van der Waals surface area (Å²) in [5, 5.41) is 49.6. The van der Waals surface area contributed by atoms with Crippen molar-refractivity contribution in [3.05, 3.63) is 155 Å². The van der Waals surface area contributed by atoms with Gasteiger partial charge in [-0.25, -0.2) is 19.2 Å². The number of aromatic nitrogens is 10. The summed E-state index contributed by atoms with van der Waals surface area (Å²) in [5.41, 5.74) is -14.3. The zero-order valence-corrected chi connectivity index (χ0v) is 70.9. The Kier molecular flexibility index (Phi) is 22.7. The van der Waals surface area contributed by atoms with Gasteiger partial charge in [0.1, 0.15) is 87.5 Å². The fourth-order valence-electron chi connectivity index (χ4n) is 20.5. The molecule has 9 saturated heterocycles. The van der Waals surface area contributed by atoms with Crippen molar-refractivity contribution in [2.75, 3.05) is 35.3 Å². The lowest BCUT2D eigenvalue weighted by Gasteiger charge is -2.34. The van der Waals surface area contributed by atoms with E-state index in [9.17, 15) is 68.7 Å². The van der Waals surface area contributed by atoms with E-state index in [-0.39, 0.29) is 37.0 Å². The fraction of sp³-hybridized carbons (Fsp3) is 0.740. The Balaban J connectivity index is 0.000000115. The first-order chi connectivity index (χ1) is 55.3. The molecule has 9 N–H and O–H groups in total. The third-order valence-corrected chi connectivity index (χ3v) is 28.9. The average Bonchev–Trinajstić information content (AvgIpc) is 1.53. The van der Waals surface area contributed by atoms with Crippen LogP contribution in [-0.4, -0.2) is 218 Å². The zero-order valence-electron chi connectivity index (χ0n) is 66.6. The van der Waals surface area contributed by atoms with Crippen LogP contribution >= 0.6 is 45.2 Å². The summed E-state index contributed by atoms with van der Waals surface area (Å²) >= 11 is 4.47. The predicted molar refractivity (Wildman–Crippen MR) is 423 cm³/mol. The third kappa shape index (κ3) is 14.2. The van der Waals surface area contributed by atoms with E-state index in [1.807, 2.05) is 25.8 Å². The predicted octanol–water partition coefficient (Wildman–Crippen LogP) is 2.72. The van der Waals surface area contributed by atoms with Gasteiger partial charge in [0.25, 0.3) is 27.8 Å². The molecule has 4 aliphatic carbocycles. The molecule has 2 bridgehead atoms. The molecule has 0 aromatic carbocycles. The zero-order chi connectivity index (χ0) is 83.9. The quantitative estimate of drug-likeness (QED) is 0.0678. The maximum Gasteiger partial charge on any atom is 0.330 e. The molecule has 19 atom stereocenters. The normalized spacial score (nSPS) is 39.0. The first-order valence-electron chi connectivity index (χ1n) is 40.0. The van der Waals surface area contributed by atoms with E-state index in [1.54, 1.807) is 17.7 Å². The minimum absolute atomic E-state index is 0.211. The average molecular weight is 1870 g/mol. The van der Waals surface area contributed by atoms with Crippen LogP contribution in [0.1, 0.15) is 209 Å². The lowest BCUT2D eigenvalue weighted by atomic mass is 9.84. The number of nitrogens with one attached hydrogen (secondary N) is 4. The molecule has 5 aromatic heterocycles. The van der Waals surface area contributed by atoms with Crippen molar-refractivity contribution in [2.45, 2.75) is 319 Å². The molecule has 15 heterocycles. The summed E-state index contributed by atoms with van der Waals surface area (Å²) < 4.78 is 95.8. The molecule has 0 amide bonds. The van der Waals surface area contributed by atoms with Crippen molar-refractivity contribution in [2.24, 2.45) is 0 Å². The topological polar surface area (TPSA) is 485 Å². The molecule has 14 aliphatic rings. The first-order valence-corrected chi connectivity index (χ1v) is 43.1. The van der Waals surface area contributed by atoms with E-state index >= 15 is 0 Å². The Bertz CT molecular complexity index is 4980. The van der Waals surface area contributed by atoms with Gasteiger partial charge in [0.15, 0.2) is 54.3 Å². The summed E-state index contributed by atoms with van der Waals surface area (Å²) in [7, 11) is 0. The molecule has 4 saturated carbocycles. The highest BCUT2D eigenvalue weighted by Gasteiger charge is 2.76. The van der Waals surface area contributed by atoms with E-state index in [1.165, 1.54) is 70.4 Å². The Morgan fingerprint density at radius 1 is 0.410 bits per heavy atom. The number of aromatic amines is 4. The molecule has 40 heteroatoms. The number of halogens is 2. The van der Waals surface area contributed by atoms with Crippen LogP contribution in [0.3, 0.4) is 0 Å². The second-order valence-corrected chi connectivity index (χ2v) is 36.2. The molecule has 644 valence electrons. The molecule has 1 unspecified atom stereocenters. The molecule has 117 heavy (non-hydrogen) atoms. The highest BCUT2D eigenvalue weighted by atomic mass is 127. The van der Waals surface area contributed by atoms with E-state index in [2.05, 4.69) is 85.9 Å². The van der Waals surface area contributed by atoms with Crippen molar-refractivity contribution < 1.29 is 91.8 Å². The van der Waals surface area contributed by atoms with Gasteiger partial charge in [-0.15, -0.1) is 0 Å². The van der Waals surface area contributed by atoms with Crippen LogP contribution in [0, 0.1) is 0 Å². The monoisotopic (exact) mass is 1870 g/mol. The number of hydrogen-bond acceptors (Lipinski definition) is 29. The number of rotatable bonds is 11. The number of aliphatic hydroxyl groups excluding tert-OH is 4. The number of alkyl halides is 2. The summed E-state index contributed by atoms with van der Waals surface area (Å²) in [5.74, 6) is -2.43. The number of hydrogen-bond donors (Lipinski definition) is 9. The van der Waals surface area contributed by atoms with Gasteiger partial charge < -0.3 is 91.8 Å². The lowest BCUT2D eigenvalue weighted by molar-refractivity contribution is -0.248. The van der Waals surface area contributed by atoms with Crippen molar-refractivity contribution in [1.82, 2.24) is 47.8 Å². The maximum absolute atomic E-state index is 12.4. The summed E-state index contributed by atoms with van der Waals surface area (Å²) in [6, 6.07) is 6.68. The second kappa shape index (κ2) is 30.9. The number of fused-ring (bicyclic) bond motifs is 10. The molecule has 13 fully saturated rings. The van der Waals surface area contributed by atoms with Gasteiger partial charge in [0.2, 0.25) is 0 Å². The molecule has 4 spiro atoms. The second-order valence-electron chi connectivity index (χ2n) is 34.7. The summed E-state index contributed by atoms with van der Waals surface area (Å²) in [6.45, 7) is 15.6. The van der Waals surface area contributed by atoms with E-state index in [0.717, 1.165) is 132 Å².